The third kappa shape index (κ3) is 1.24. The third-order valence-electron chi connectivity index (χ3n) is 0.876. The normalized spacial score (nSPS) is 8.89. The Kier molecular flexibility index (Phi) is 1.75. The second-order valence-electron chi connectivity index (χ2n) is 1.43. The van der Waals surface area contributed by atoms with Crippen molar-refractivity contribution >= 4 is 11.9 Å². The summed E-state index contributed by atoms with van der Waals surface area (Å²) in [5, 5.41) is 12.2. The Hall–Kier alpha value is -0.950. The summed E-state index contributed by atoms with van der Waals surface area (Å²) in [6.45, 7) is 0. The molecule has 0 atom stereocenters. The lowest BCUT2D eigenvalue weighted by Gasteiger charge is -1.86. The number of hydrogen-bond acceptors (Lipinski definition) is 3. The van der Waals surface area contributed by atoms with Crippen LogP contribution < -0.4 is 0 Å². The van der Waals surface area contributed by atoms with E-state index < -0.39 is 0 Å². The van der Waals surface area contributed by atoms with Crippen LogP contribution in [0.5, 0.6) is 0 Å². The SMILES string of the molecule is CSn1cc(C#N)cn1. The summed E-state index contributed by atoms with van der Waals surface area (Å²) in [5.41, 5.74) is 0.601. The molecule has 1 aromatic heterocycles. The summed E-state index contributed by atoms with van der Waals surface area (Å²) in [5.74, 6) is 0. The predicted molar refractivity (Wildman–Crippen MR) is 35.9 cm³/mol. The molecule has 4 heteroatoms. The Bertz CT molecular complexity index is 235. The highest BCUT2D eigenvalue weighted by atomic mass is 32.2. The molecule has 0 spiro atoms. The molecule has 0 amide bonds. The van der Waals surface area contributed by atoms with Gasteiger partial charge in [0, 0.05) is 6.26 Å². The molecule has 1 aromatic rings. The van der Waals surface area contributed by atoms with E-state index in [4.69, 9.17) is 5.26 Å². The summed E-state index contributed by atoms with van der Waals surface area (Å²) in [4.78, 5) is 0. The highest BCUT2D eigenvalue weighted by Gasteiger charge is 1.92. The topological polar surface area (TPSA) is 41.6 Å². The van der Waals surface area contributed by atoms with E-state index in [9.17, 15) is 0 Å². The molecule has 0 aliphatic rings. The summed E-state index contributed by atoms with van der Waals surface area (Å²) in [7, 11) is 0. The molecular weight excluding hydrogens is 134 g/mol. The van der Waals surface area contributed by atoms with E-state index in [2.05, 4.69) is 5.10 Å². The second kappa shape index (κ2) is 2.55. The minimum Gasteiger partial charge on any atom is -0.213 e. The van der Waals surface area contributed by atoms with Crippen LogP contribution in [0, 0.1) is 11.3 Å². The van der Waals surface area contributed by atoms with Crippen molar-refractivity contribution in [3.8, 4) is 6.07 Å². The van der Waals surface area contributed by atoms with Crippen LogP contribution >= 0.6 is 11.9 Å². The van der Waals surface area contributed by atoms with Gasteiger partial charge in [0.2, 0.25) is 0 Å². The number of hydrogen-bond donors (Lipinski definition) is 0. The van der Waals surface area contributed by atoms with E-state index in [1.165, 1.54) is 18.1 Å². The summed E-state index contributed by atoms with van der Waals surface area (Å²) in [6, 6.07) is 1.98. The van der Waals surface area contributed by atoms with Gasteiger partial charge in [-0.1, -0.05) is 0 Å². The van der Waals surface area contributed by atoms with Gasteiger partial charge in [0.05, 0.1) is 18.0 Å². The van der Waals surface area contributed by atoms with Crippen molar-refractivity contribution in [2.45, 2.75) is 0 Å². The fourth-order valence-electron chi connectivity index (χ4n) is 0.462. The Morgan fingerprint density at radius 3 is 3.00 bits per heavy atom. The van der Waals surface area contributed by atoms with Gasteiger partial charge in [-0.2, -0.15) is 10.4 Å². The molecule has 3 nitrogen and oxygen atoms in total. The molecule has 0 aromatic carbocycles. The van der Waals surface area contributed by atoms with E-state index >= 15 is 0 Å². The molecule has 0 saturated carbocycles. The van der Waals surface area contributed by atoms with Crippen molar-refractivity contribution in [1.29, 1.82) is 5.26 Å². The first-order valence-corrected chi connectivity index (χ1v) is 3.54. The van der Waals surface area contributed by atoms with Crippen LogP contribution in [0.4, 0.5) is 0 Å². The van der Waals surface area contributed by atoms with Gasteiger partial charge in [0.1, 0.15) is 6.07 Å². The van der Waals surface area contributed by atoms with Gasteiger partial charge in [0.25, 0.3) is 0 Å². The van der Waals surface area contributed by atoms with Crippen molar-refractivity contribution < 1.29 is 0 Å². The monoisotopic (exact) mass is 139 g/mol. The number of nitriles is 1. The molecule has 1 heterocycles. The summed E-state index contributed by atoms with van der Waals surface area (Å²) < 4.78 is 1.64. The Labute approximate surface area is 57.4 Å². The maximum absolute atomic E-state index is 8.33. The molecular formula is C5H5N3S. The van der Waals surface area contributed by atoms with Gasteiger partial charge < -0.3 is 0 Å². The lowest BCUT2D eigenvalue weighted by atomic mass is 10.4. The average Bonchev–Trinajstić information content (AvgIpc) is 2.34. The minimum absolute atomic E-state index is 0.601. The Morgan fingerprint density at radius 2 is 2.67 bits per heavy atom. The molecule has 0 N–H and O–H groups in total. The lowest BCUT2D eigenvalue weighted by molar-refractivity contribution is 1.01. The largest absolute Gasteiger partial charge is 0.213 e. The summed E-state index contributed by atoms with van der Waals surface area (Å²) >= 11 is 1.46. The van der Waals surface area contributed by atoms with Crippen LogP contribution in [0.15, 0.2) is 12.4 Å². The highest BCUT2D eigenvalue weighted by Crippen LogP contribution is 2.00. The zero-order valence-corrected chi connectivity index (χ0v) is 5.72. The lowest BCUT2D eigenvalue weighted by Crippen LogP contribution is -1.81. The number of nitrogens with zero attached hydrogens (tertiary/aromatic N) is 3. The minimum atomic E-state index is 0.601. The Morgan fingerprint density at radius 1 is 1.89 bits per heavy atom. The maximum atomic E-state index is 8.33. The number of aromatic nitrogens is 2. The van der Waals surface area contributed by atoms with Crippen LogP contribution in [0.2, 0.25) is 0 Å². The fraction of sp³-hybridized carbons (Fsp3) is 0.200. The van der Waals surface area contributed by atoms with Gasteiger partial charge in [-0.3, -0.25) is 0 Å². The molecule has 0 aliphatic carbocycles. The van der Waals surface area contributed by atoms with Crippen molar-refractivity contribution in [2.75, 3.05) is 6.26 Å². The maximum Gasteiger partial charge on any atom is 0.102 e. The van der Waals surface area contributed by atoms with Gasteiger partial charge >= 0.3 is 0 Å². The molecule has 9 heavy (non-hydrogen) atoms. The van der Waals surface area contributed by atoms with Gasteiger partial charge in [0.15, 0.2) is 0 Å². The van der Waals surface area contributed by atoms with E-state index in [1.807, 2.05) is 12.3 Å². The van der Waals surface area contributed by atoms with Crippen LogP contribution in [0.25, 0.3) is 0 Å². The van der Waals surface area contributed by atoms with Gasteiger partial charge in [-0.25, -0.2) is 4.09 Å². The van der Waals surface area contributed by atoms with E-state index in [1.54, 1.807) is 10.3 Å². The predicted octanol–water partition coefficient (Wildman–Crippen LogP) is 0.881. The van der Waals surface area contributed by atoms with Crippen LogP contribution in [-0.2, 0) is 0 Å². The zero-order chi connectivity index (χ0) is 6.69. The second-order valence-corrected chi connectivity index (χ2v) is 2.17. The molecule has 1 rings (SSSR count). The van der Waals surface area contributed by atoms with Crippen molar-refractivity contribution in [3.05, 3.63) is 18.0 Å². The molecule has 0 unspecified atom stereocenters. The highest BCUT2D eigenvalue weighted by molar-refractivity contribution is 7.97. The fourth-order valence-corrected chi connectivity index (χ4v) is 0.823. The quantitative estimate of drug-likeness (QED) is 0.580. The zero-order valence-electron chi connectivity index (χ0n) is 4.90. The standard InChI is InChI=1S/C5H5N3S/c1-9-8-4-5(2-6)3-7-8/h3-4H,1H3. The molecule has 0 bridgehead atoms. The van der Waals surface area contributed by atoms with E-state index in [-0.39, 0.29) is 0 Å². The molecule has 0 saturated heterocycles. The molecule has 46 valence electrons. The molecule has 0 aliphatic heterocycles. The first-order valence-electron chi connectivity index (χ1n) is 2.36. The first-order chi connectivity index (χ1) is 4.36. The molecule has 0 fully saturated rings. The van der Waals surface area contributed by atoms with Crippen molar-refractivity contribution in [3.63, 3.8) is 0 Å². The summed E-state index contributed by atoms with van der Waals surface area (Å²) in [6.07, 6.45) is 5.12. The van der Waals surface area contributed by atoms with Crippen LogP contribution in [0.1, 0.15) is 5.56 Å². The van der Waals surface area contributed by atoms with Crippen LogP contribution in [0.3, 0.4) is 0 Å². The Balaban J connectivity index is 2.90. The van der Waals surface area contributed by atoms with Gasteiger partial charge in [-0.15, -0.1) is 0 Å². The van der Waals surface area contributed by atoms with Crippen molar-refractivity contribution in [2.24, 2.45) is 0 Å². The van der Waals surface area contributed by atoms with Crippen molar-refractivity contribution in [1.82, 2.24) is 9.19 Å². The van der Waals surface area contributed by atoms with Gasteiger partial charge in [-0.05, 0) is 11.9 Å². The third-order valence-corrected chi connectivity index (χ3v) is 1.45. The average molecular weight is 139 g/mol. The number of rotatable bonds is 1. The van der Waals surface area contributed by atoms with E-state index in [0.717, 1.165) is 0 Å². The smallest absolute Gasteiger partial charge is 0.102 e. The van der Waals surface area contributed by atoms with Crippen LogP contribution in [-0.4, -0.2) is 15.4 Å². The molecule has 0 radical (unpaired) electrons. The van der Waals surface area contributed by atoms with E-state index in [0.29, 0.717) is 5.56 Å². The first kappa shape index (κ1) is 6.17.